The van der Waals surface area contributed by atoms with Crippen molar-refractivity contribution in [2.45, 2.75) is 55.9 Å². The summed E-state index contributed by atoms with van der Waals surface area (Å²) in [6, 6.07) is 14.0. The lowest BCUT2D eigenvalue weighted by Crippen LogP contribution is -2.55. The summed E-state index contributed by atoms with van der Waals surface area (Å²) in [6.07, 6.45) is 7.56. The number of nitrogens with zero attached hydrogens (tertiary/aromatic N) is 3. The number of hydrogen-bond donors (Lipinski definition) is 1. The van der Waals surface area contributed by atoms with Gasteiger partial charge in [0.1, 0.15) is 5.75 Å². The van der Waals surface area contributed by atoms with Crippen LogP contribution in [0.25, 0.3) is 10.4 Å². The Balaban J connectivity index is 1.23. The number of thioether (sulfide) groups is 1. The van der Waals surface area contributed by atoms with E-state index in [0.29, 0.717) is 22.9 Å². The van der Waals surface area contributed by atoms with Gasteiger partial charge in [-0.1, -0.05) is 42.0 Å². The lowest BCUT2D eigenvalue weighted by Gasteiger charge is -2.47. The van der Waals surface area contributed by atoms with E-state index in [4.69, 9.17) is 26.4 Å². The van der Waals surface area contributed by atoms with Gasteiger partial charge in [0, 0.05) is 34.7 Å². The molecule has 2 saturated heterocycles. The van der Waals surface area contributed by atoms with Crippen molar-refractivity contribution >= 4 is 45.8 Å². The topological polar surface area (TPSA) is 65.9 Å². The highest BCUT2D eigenvalue weighted by Crippen LogP contribution is 2.39. The summed E-state index contributed by atoms with van der Waals surface area (Å²) in [5, 5.41) is 10.8. The second kappa shape index (κ2) is 12.9. The molecule has 0 amide bonds. The van der Waals surface area contributed by atoms with E-state index in [9.17, 15) is 4.79 Å². The van der Waals surface area contributed by atoms with E-state index >= 15 is 0 Å². The first-order valence-corrected chi connectivity index (χ1v) is 16.0. The first-order chi connectivity index (χ1) is 18.9. The summed E-state index contributed by atoms with van der Waals surface area (Å²) in [4.78, 5) is 23.6. The molecule has 6 nitrogen and oxygen atoms in total. The molecule has 5 rings (SSSR count). The number of aromatic nitrogens is 1. The molecule has 9 heteroatoms. The Hall–Kier alpha value is -2.26. The number of halogens is 1. The Morgan fingerprint density at radius 1 is 1.15 bits per heavy atom. The number of benzene rings is 2. The summed E-state index contributed by atoms with van der Waals surface area (Å²) >= 11 is 9.89. The zero-order valence-electron chi connectivity index (χ0n) is 22.4. The smallest absolute Gasteiger partial charge is 0.307 e. The van der Waals surface area contributed by atoms with Crippen molar-refractivity contribution < 1.29 is 14.6 Å². The molecule has 2 aromatic carbocycles. The quantitative estimate of drug-likeness (QED) is 0.241. The van der Waals surface area contributed by atoms with Crippen LogP contribution in [0.3, 0.4) is 0 Å². The van der Waals surface area contributed by atoms with Crippen molar-refractivity contribution in [2.24, 2.45) is 0 Å². The Bertz CT molecular complexity index is 1270. The molecule has 0 aliphatic carbocycles. The summed E-state index contributed by atoms with van der Waals surface area (Å²) in [6.45, 7) is 7.02. The molecule has 3 aromatic rings. The largest absolute Gasteiger partial charge is 0.493 e. The standard InChI is InChI=1S/C30H36ClN3O3S2/c1-2-38-26-7-5-6-23(19-26)27-21-32-29(39-27)33-13-8-30(9-14-33,34-11-3-4-12-34)10-15-37-25-17-22(18-28(35)36)16-24(31)20-25/h5-7,16-17,19-21H,2-4,8-15,18H2,1H3,(H,35,36). The third kappa shape index (κ3) is 7.09. The van der Waals surface area contributed by atoms with Crippen LogP contribution in [0.5, 0.6) is 5.75 Å². The van der Waals surface area contributed by atoms with Crippen molar-refractivity contribution in [3.05, 3.63) is 59.2 Å². The maximum atomic E-state index is 11.1. The van der Waals surface area contributed by atoms with Crippen LogP contribution in [-0.2, 0) is 11.2 Å². The Morgan fingerprint density at radius 3 is 2.69 bits per heavy atom. The normalized spacial score (nSPS) is 17.4. The van der Waals surface area contributed by atoms with Crippen LogP contribution < -0.4 is 9.64 Å². The lowest BCUT2D eigenvalue weighted by molar-refractivity contribution is -0.136. The van der Waals surface area contributed by atoms with E-state index < -0.39 is 5.97 Å². The monoisotopic (exact) mass is 585 g/mol. The van der Waals surface area contributed by atoms with Gasteiger partial charge in [-0.05, 0) is 92.4 Å². The van der Waals surface area contributed by atoms with E-state index in [1.165, 1.54) is 28.2 Å². The molecular formula is C30H36ClN3O3S2. The van der Waals surface area contributed by atoms with Crippen LogP contribution >= 0.6 is 34.7 Å². The van der Waals surface area contributed by atoms with E-state index in [1.54, 1.807) is 29.5 Å². The van der Waals surface area contributed by atoms with Gasteiger partial charge in [0.2, 0.25) is 0 Å². The van der Waals surface area contributed by atoms with Crippen LogP contribution in [0.4, 0.5) is 5.13 Å². The van der Waals surface area contributed by atoms with Gasteiger partial charge in [0.05, 0.1) is 17.9 Å². The highest BCUT2D eigenvalue weighted by atomic mass is 35.5. The van der Waals surface area contributed by atoms with Crippen LogP contribution in [0.1, 0.15) is 44.6 Å². The fourth-order valence-corrected chi connectivity index (χ4v) is 7.75. The molecule has 0 radical (unpaired) electrons. The molecule has 208 valence electrons. The molecule has 0 atom stereocenters. The van der Waals surface area contributed by atoms with Gasteiger partial charge in [-0.2, -0.15) is 0 Å². The van der Waals surface area contributed by atoms with Crippen molar-refractivity contribution in [1.82, 2.24) is 9.88 Å². The first kappa shape index (κ1) is 28.3. The number of carboxylic acids is 1. The van der Waals surface area contributed by atoms with Gasteiger partial charge in [-0.15, -0.1) is 11.8 Å². The number of rotatable bonds is 11. The minimum atomic E-state index is -0.876. The summed E-state index contributed by atoms with van der Waals surface area (Å²) in [7, 11) is 0. The van der Waals surface area contributed by atoms with Crippen LogP contribution in [0, 0.1) is 0 Å². The zero-order chi connectivity index (χ0) is 27.2. The maximum absolute atomic E-state index is 11.1. The van der Waals surface area contributed by atoms with Crippen LogP contribution in [-0.4, -0.2) is 65.0 Å². The van der Waals surface area contributed by atoms with Gasteiger partial charge in [0.15, 0.2) is 5.13 Å². The molecule has 39 heavy (non-hydrogen) atoms. The second-order valence-corrected chi connectivity index (χ2v) is 13.1. The molecule has 0 spiro atoms. The fourth-order valence-electron chi connectivity index (χ4n) is 5.82. The molecule has 3 heterocycles. The number of ether oxygens (including phenoxy) is 1. The molecule has 2 aliphatic rings. The molecule has 1 aromatic heterocycles. The van der Waals surface area contributed by atoms with E-state index in [0.717, 1.165) is 56.3 Å². The Kier molecular flexibility index (Phi) is 9.38. The van der Waals surface area contributed by atoms with Gasteiger partial charge in [-0.25, -0.2) is 4.98 Å². The lowest BCUT2D eigenvalue weighted by atomic mass is 9.83. The van der Waals surface area contributed by atoms with Gasteiger partial charge in [-0.3, -0.25) is 9.69 Å². The fraction of sp³-hybridized carbons (Fsp3) is 0.467. The van der Waals surface area contributed by atoms with E-state index in [1.807, 2.05) is 18.0 Å². The molecule has 2 aliphatic heterocycles. The zero-order valence-corrected chi connectivity index (χ0v) is 24.8. The summed E-state index contributed by atoms with van der Waals surface area (Å²) in [5.74, 6) is 0.837. The van der Waals surface area contributed by atoms with Crippen LogP contribution in [0.15, 0.2) is 53.6 Å². The number of anilines is 1. The molecule has 0 bridgehead atoms. The van der Waals surface area contributed by atoms with Crippen molar-refractivity contribution in [2.75, 3.05) is 43.4 Å². The Morgan fingerprint density at radius 2 is 1.95 bits per heavy atom. The molecule has 1 N–H and O–H groups in total. The highest BCUT2D eigenvalue weighted by Gasteiger charge is 2.41. The second-order valence-electron chi connectivity index (χ2n) is 10.3. The van der Waals surface area contributed by atoms with Gasteiger partial charge >= 0.3 is 5.97 Å². The van der Waals surface area contributed by atoms with Gasteiger partial charge in [0.25, 0.3) is 0 Å². The predicted octanol–water partition coefficient (Wildman–Crippen LogP) is 7.11. The summed E-state index contributed by atoms with van der Waals surface area (Å²) in [5.41, 5.74) is 2.01. The number of aliphatic carboxylic acids is 1. The first-order valence-electron chi connectivity index (χ1n) is 13.8. The molecule has 2 fully saturated rings. The number of likely N-dealkylation sites (tertiary alicyclic amines) is 1. The van der Waals surface area contributed by atoms with E-state index in [-0.39, 0.29) is 12.0 Å². The average molecular weight is 586 g/mol. The summed E-state index contributed by atoms with van der Waals surface area (Å²) < 4.78 is 6.16. The van der Waals surface area contributed by atoms with Crippen molar-refractivity contribution in [3.8, 4) is 16.2 Å². The third-order valence-electron chi connectivity index (χ3n) is 7.79. The SMILES string of the molecule is CCSc1cccc(-c2cnc(N3CCC(CCOc4cc(Cl)cc(CC(=O)O)c4)(N4CCCC4)CC3)s2)c1. The molecule has 0 unspecified atom stereocenters. The third-order valence-corrected chi connectivity index (χ3v) is 9.99. The molecular weight excluding hydrogens is 550 g/mol. The Labute approximate surface area is 244 Å². The highest BCUT2D eigenvalue weighted by molar-refractivity contribution is 7.99. The average Bonchev–Trinajstić information content (AvgIpc) is 3.62. The number of carbonyl (C=O) groups is 1. The minimum absolute atomic E-state index is 0.0634. The maximum Gasteiger partial charge on any atom is 0.307 e. The van der Waals surface area contributed by atoms with Crippen molar-refractivity contribution in [3.63, 3.8) is 0 Å². The molecule has 0 saturated carbocycles. The minimum Gasteiger partial charge on any atom is -0.493 e. The number of piperidine rings is 1. The number of thiazole rings is 1. The predicted molar refractivity (Wildman–Crippen MR) is 162 cm³/mol. The van der Waals surface area contributed by atoms with E-state index in [2.05, 4.69) is 41.0 Å². The van der Waals surface area contributed by atoms with Gasteiger partial charge < -0.3 is 14.7 Å². The van der Waals surface area contributed by atoms with Crippen LogP contribution in [0.2, 0.25) is 5.02 Å². The number of hydrogen-bond acceptors (Lipinski definition) is 7. The number of carboxylic acid groups (broad SMARTS) is 1. The van der Waals surface area contributed by atoms with Crippen molar-refractivity contribution in [1.29, 1.82) is 0 Å².